The van der Waals surface area contributed by atoms with E-state index in [0.29, 0.717) is 10.6 Å². The highest BCUT2D eigenvalue weighted by atomic mass is 32.1. The largest absolute Gasteiger partial charge is 0.493 e. The number of hydrogen-bond donors (Lipinski definition) is 2. The Labute approximate surface area is 195 Å². The predicted molar refractivity (Wildman–Crippen MR) is 125 cm³/mol. The molecule has 0 aliphatic rings. The monoisotopic (exact) mass is 468 g/mol. The molecule has 0 bridgehead atoms. The third-order valence-electron chi connectivity index (χ3n) is 4.75. The average molecular weight is 469 g/mol. The van der Waals surface area contributed by atoms with Crippen molar-refractivity contribution < 1.29 is 28.6 Å². The summed E-state index contributed by atoms with van der Waals surface area (Å²) in [5.41, 5.74) is 1.13. The average Bonchev–Trinajstić information content (AvgIpc) is 3.38. The lowest BCUT2D eigenvalue weighted by molar-refractivity contribution is -0.124. The number of carbonyl (C=O) groups excluding carboxylic acids is 3. The van der Waals surface area contributed by atoms with Crippen LogP contribution in [0.15, 0.2) is 60.0 Å². The highest BCUT2D eigenvalue weighted by Crippen LogP contribution is 2.34. The summed E-state index contributed by atoms with van der Waals surface area (Å²) >= 11 is 1.26. The van der Waals surface area contributed by atoms with Crippen LogP contribution in [0, 0.1) is 0 Å². The highest BCUT2D eigenvalue weighted by Gasteiger charge is 2.21. The van der Waals surface area contributed by atoms with Gasteiger partial charge < -0.3 is 24.8 Å². The number of esters is 1. The van der Waals surface area contributed by atoms with E-state index in [2.05, 4.69) is 10.6 Å². The summed E-state index contributed by atoms with van der Waals surface area (Å²) < 4.78 is 15.8. The van der Waals surface area contributed by atoms with Gasteiger partial charge >= 0.3 is 5.97 Å². The number of thiophene rings is 1. The molecule has 0 fully saturated rings. The molecule has 0 aliphatic heterocycles. The Hall–Kier alpha value is -3.85. The van der Waals surface area contributed by atoms with Gasteiger partial charge in [0.1, 0.15) is 0 Å². The van der Waals surface area contributed by atoms with Crippen LogP contribution in [0.5, 0.6) is 11.5 Å². The summed E-state index contributed by atoms with van der Waals surface area (Å²) in [5.74, 6) is -1.03. The number of carbonyl (C=O) groups is 3. The molecule has 33 heavy (non-hydrogen) atoms. The zero-order valence-electron chi connectivity index (χ0n) is 18.4. The lowest BCUT2D eigenvalue weighted by Crippen LogP contribution is -2.31. The second kappa shape index (κ2) is 11.1. The fraction of sp³-hybridized carbons (Fsp3) is 0.208. The van der Waals surface area contributed by atoms with Gasteiger partial charge in [0.2, 0.25) is 0 Å². The van der Waals surface area contributed by atoms with Crippen molar-refractivity contribution in [3.63, 3.8) is 0 Å². The minimum absolute atomic E-state index is 0.0291. The zero-order chi connectivity index (χ0) is 23.8. The fourth-order valence-corrected chi connectivity index (χ4v) is 3.68. The quantitative estimate of drug-likeness (QED) is 0.459. The third-order valence-corrected chi connectivity index (χ3v) is 5.62. The number of methoxy groups -OCH3 is 2. The number of hydrogen-bond acceptors (Lipinski definition) is 7. The molecule has 2 amide bonds. The Bertz CT molecular complexity index is 1120. The Morgan fingerprint density at radius 1 is 0.970 bits per heavy atom. The first-order valence-electron chi connectivity index (χ1n) is 10.0. The van der Waals surface area contributed by atoms with Crippen molar-refractivity contribution in [1.82, 2.24) is 5.32 Å². The molecule has 1 heterocycles. The molecular weight excluding hydrogens is 444 g/mol. The molecule has 9 heteroatoms. The van der Waals surface area contributed by atoms with Crippen LogP contribution in [-0.4, -0.2) is 38.6 Å². The van der Waals surface area contributed by atoms with Crippen LogP contribution in [0.25, 0.3) is 0 Å². The first-order chi connectivity index (χ1) is 15.9. The van der Waals surface area contributed by atoms with Gasteiger partial charge in [-0.2, -0.15) is 0 Å². The lowest BCUT2D eigenvalue weighted by Gasteiger charge is -2.16. The Morgan fingerprint density at radius 3 is 2.30 bits per heavy atom. The minimum atomic E-state index is -0.792. The molecule has 2 aromatic carbocycles. The van der Waals surface area contributed by atoms with Crippen molar-refractivity contribution in [2.45, 2.75) is 13.0 Å². The number of ether oxygens (including phenoxy) is 3. The summed E-state index contributed by atoms with van der Waals surface area (Å²) in [7, 11) is 2.87. The standard InChI is InChI=1S/C24H24N2O6S/c1-15(16-8-5-4-6-9-16)25-22(27)14-32-24(29)17-12-19(30-2)20(31-3)13-18(17)26-23(28)21-10-7-11-33-21/h4-13,15H,14H2,1-3H3,(H,25,27)(H,26,28)/t15-/m0/s1. The van der Waals surface area contributed by atoms with E-state index >= 15 is 0 Å². The molecule has 3 rings (SSSR count). The van der Waals surface area contributed by atoms with Crippen LogP contribution < -0.4 is 20.1 Å². The molecule has 0 saturated heterocycles. The first kappa shape index (κ1) is 23.8. The van der Waals surface area contributed by atoms with Gasteiger partial charge in [0.05, 0.1) is 36.4 Å². The van der Waals surface area contributed by atoms with E-state index in [-0.39, 0.29) is 28.9 Å². The predicted octanol–water partition coefficient (Wildman–Crippen LogP) is 4.05. The number of amides is 2. The maximum atomic E-state index is 12.8. The van der Waals surface area contributed by atoms with Crippen molar-refractivity contribution in [3.05, 3.63) is 76.0 Å². The number of benzene rings is 2. The first-order valence-corrected chi connectivity index (χ1v) is 10.9. The SMILES string of the molecule is COc1cc(NC(=O)c2cccs2)c(C(=O)OCC(=O)N[C@@H](C)c2ccccc2)cc1OC. The number of anilines is 1. The van der Waals surface area contributed by atoms with E-state index in [9.17, 15) is 14.4 Å². The maximum absolute atomic E-state index is 12.8. The normalized spacial score (nSPS) is 11.2. The van der Waals surface area contributed by atoms with Crippen molar-refractivity contribution in [2.24, 2.45) is 0 Å². The number of rotatable bonds is 9. The van der Waals surface area contributed by atoms with Crippen molar-refractivity contribution in [1.29, 1.82) is 0 Å². The van der Waals surface area contributed by atoms with Crippen molar-refractivity contribution in [2.75, 3.05) is 26.1 Å². The molecule has 1 atom stereocenters. The summed E-state index contributed by atoms with van der Waals surface area (Å²) in [6.07, 6.45) is 0. The van der Waals surface area contributed by atoms with E-state index in [1.54, 1.807) is 17.5 Å². The molecule has 0 unspecified atom stereocenters. The molecular formula is C24H24N2O6S. The van der Waals surface area contributed by atoms with E-state index in [4.69, 9.17) is 14.2 Å². The van der Waals surface area contributed by atoms with Crippen LogP contribution in [0.1, 0.15) is 38.6 Å². The third kappa shape index (κ3) is 6.11. The fourth-order valence-electron chi connectivity index (χ4n) is 3.06. The van der Waals surface area contributed by atoms with Crippen LogP contribution in [0.2, 0.25) is 0 Å². The van der Waals surface area contributed by atoms with E-state index in [0.717, 1.165) is 5.56 Å². The van der Waals surface area contributed by atoms with Gasteiger partial charge in [0, 0.05) is 12.1 Å². The smallest absolute Gasteiger partial charge is 0.340 e. The second-order valence-corrected chi connectivity index (χ2v) is 7.91. The van der Waals surface area contributed by atoms with Crippen LogP contribution >= 0.6 is 11.3 Å². The number of nitrogens with one attached hydrogen (secondary N) is 2. The molecule has 3 aromatic rings. The van der Waals surface area contributed by atoms with E-state index in [1.165, 1.54) is 37.7 Å². The van der Waals surface area contributed by atoms with Gasteiger partial charge in [-0.05, 0) is 23.9 Å². The molecule has 1 aromatic heterocycles. The van der Waals surface area contributed by atoms with Gasteiger partial charge in [-0.25, -0.2) is 4.79 Å². The Balaban J connectivity index is 1.73. The summed E-state index contributed by atoms with van der Waals surface area (Å²) in [6, 6.07) is 15.5. The van der Waals surface area contributed by atoms with Gasteiger partial charge in [-0.15, -0.1) is 11.3 Å². The highest BCUT2D eigenvalue weighted by molar-refractivity contribution is 7.12. The molecule has 8 nitrogen and oxygen atoms in total. The maximum Gasteiger partial charge on any atom is 0.340 e. The lowest BCUT2D eigenvalue weighted by atomic mass is 10.1. The van der Waals surface area contributed by atoms with Gasteiger partial charge in [-0.3, -0.25) is 9.59 Å². The second-order valence-electron chi connectivity index (χ2n) is 6.96. The molecule has 0 radical (unpaired) electrons. The molecule has 172 valence electrons. The van der Waals surface area contributed by atoms with Crippen molar-refractivity contribution >= 4 is 34.8 Å². The van der Waals surface area contributed by atoms with E-state index < -0.39 is 18.5 Å². The van der Waals surface area contributed by atoms with E-state index in [1.807, 2.05) is 37.3 Å². The van der Waals surface area contributed by atoms with Gasteiger partial charge in [-0.1, -0.05) is 36.4 Å². The topological polar surface area (TPSA) is 103 Å². The minimum Gasteiger partial charge on any atom is -0.493 e. The van der Waals surface area contributed by atoms with Crippen molar-refractivity contribution in [3.8, 4) is 11.5 Å². The van der Waals surface area contributed by atoms with Gasteiger partial charge in [0.25, 0.3) is 11.8 Å². The summed E-state index contributed by atoms with van der Waals surface area (Å²) in [5, 5.41) is 7.25. The van der Waals surface area contributed by atoms with Gasteiger partial charge in [0.15, 0.2) is 18.1 Å². The summed E-state index contributed by atoms with van der Waals surface area (Å²) in [4.78, 5) is 38.1. The van der Waals surface area contributed by atoms with Crippen LogP contribution in [0.4, 0.5) is 5.69 Å². The molecule has 2 N–H and O–H groups in total. The van der Waals surface area contributed by atoms with Crippen LogP contribution in [-0.2, 0) is 9.53 Å². The molecule has 0 saturated carbocycles. The van der Waals surface area contributed by atoms with Crippen LogP contribution in [0.3, 0.4) is 0 Å². The Kier molecular flexibility index (Phi) is 8.04. The molecule has 0 aliphatic carbocycles. The zero-order valence-corrected chi connectivity index (χ0v) is 19.2. The summed E-state index contributed by atoms with van der Waals surface area (Å²) in [6.45, 7) is 1.35. The molecule has 0 spiro atoms. The Morgan fingerprint density at radius 2 is 1.67 bits per heavy atom.